The van der Waals surface area contributed by atoms with Crippen LogP contribution in [-0.2, 0) is 16.0 Å². The molecule has 0 aliphatic carbocycles. The normalized spacial score (nSPS) is 34.4. The Morgan fingerprint density at radius 3 is 3.25 bits per heavy atom. The Morgan fingerprint density at radius 2 is 2.50 bits per heavy atom. The molecule has 0 N–H and O–H groups in total. The van der Waals surface area contributed by atoms with Gasteiger partial charge in [0.05, 0.1) is 19.3 Å². The number of fused-ring (bicyclic) bond motifs is 1. The Balaban J connectivity index is 1.71. The van der Waals surface area contributed by atoms with Crippen molar-refractivity contribution in [2.45, 2.75) is 18.7 Å². The molecule has 88 valence electrons. The van der Waals surface area contributed by atoms with Crippen molar-refractivity contribution in [3.8, 4) is 0 Å². The number of thiophene rings is 1. The lowest BCUT2D eigenvalue weighted by Gasteiger charge is -2.21. The molecule has 1 aromatic rings. The fraction of sp³-hybridized carbons (Fsp3) is 0.667. The van der Waals surface area contributed by atoms with Gasteiger partial charge in [0, 0.05) is 32.2 Å². The molecular formula is C12H17NO2S. The largest absolute Gasteiger partial charge is 0.380 e. The van der Waals surface area contributed by atoms with Crippen LogP contribution in [0.15, 0.2) is 16.8 Å². The first-order chi connectivity index (χ1) is 7.88. The molecule has 3 heterocycles. The van der Waals surface area contributed by atoms with Crippen LogP contribution < -0.4 is 0 Å². The Labute approximate surface area is 100.0 Å². The minimum atomic E-state index is 0.353. The third kappa shape index (κ3) is 1.80. The van der Waals surface area contributed by atoms with Crippen molar-refractivity contribution in [2.24, 2.45) is 5.92 Å². The lowest BCUT2D eigenvalue weighted by atomic mass is 10.0. The first-order valence-electron chi connectivity index (χ1n) is 5.74. The summed E-state index contributed by atoms with van der Waals surface area (Å²) < 4.78 is 11.1. The standard InChI is InChI=1S/C12H17NO2S/c1-14-12-5-13(4-9-2-3-16-8-9)11-7-15-6-10(11)12/h2-3,8,10-12H,4-7H2,1H3/t10-,11+,12-/m0/s1. The van der Waals surface area contributed by atoms with Crippen molar-refractivity contribution >= 4 is 11.3 Å². The number of nitrogens with zero attached hydrogens (tertiary/aromatic N) is 1. The number of likely N-dealkylation sites (tertiary alicyclic amines) is 1. The molecule has 3 rings (SSSR count). The maximum absolute atomic E-state index is 5.57. The van der Waals surface area contributed by atoms with E-state index in [9.17, 15) is 0 Å². The molecule has 2 aliphatic rings. The van der Waals surface area contributed by atoms with Crippen molar-refractivity contribution < 1.29 is 9.47 Å². The van der Waals surface area contributed by atoms with Crippen LogP contribution in [-0.4, -0.2) is 43.9 Å². The first-order valence-corrected chi connectivity index (χ1v) is 6.68. The SMILES string of the molecule is CO[C@H]1CN(Cc2ccsc2)[C@@H]2COC[C@H]12. The van der Waals surface area contributed by atoms with Crippen LogP contribution in [0.3, 0.4) is 0 Å². The predicted molar refractivity (Wildman–Crippen MR) is 63.6 cm³/mol. The van der Waals surface area contributed by atoms with Crippen LogP contribution in [0.1, 0.15) is 5.56 Å². The zero-order valence-corrected chi connectivity index (χ0v) is 10.3. The van der Waals surface area contributed by atoms with E-state index in [4.69, 9.17) is 9.47 Å². The maximum Gasteiger partial charge on any atom is 0.0764 e. The highest BCUT2D eigenvalue weighted by atomic mass is 32.1. The van der Waals surface area contributed by atoms with E-state index in [0.717, 1.165) is 26.3 Å². The second-order valence-electron chi connectivity index (χ2n) is 4.60. The summed E-state index contributed by atoms with van der Waals surface area (Å²) in [5.74, 6) is 0.573. The molecule has 0 amide bonds. The molecule has 1 aromatic heterocycles. The van der Waals surface area contributed by atoms with E-state index < -0.39 is 0 Å². The zero-order chi connectivity index (χ0) is 11.0. The summed E-state index contributed by atoms with van der Waals surface area (Å²) in [5.41, 5.74) is 1.41. The van der Waals surface area contributed by atoms with Gasteiger partial charge in [-0.3, -0.25) is 4.90 Å². The van der Waals surface area contributed by atoms with Gasteiger partial charge in [0.25, 0.3) is 0 Å². The van der Waals surface area contributed by atoms with E-state index in [1.165, 1.54) is 5.56 Å². The van der Waals surface area contributed by atoms with Gasteiger partial charge in [-0.2, -0.15) is 11.3 Å². The van der Waals surface area contributed by atoms with Gasteiger partial charge in [-0.05, 0) is 22.4 Å². The number of hydrogen-bond acceptors (Lipinski definition) is 4. The molecule has 3 atom stereocenters. The molecule has 4 heteroatoms. The summed E-state index contributed by atoms with van der Waals surface area (Å²) in [4.78, 5) is 2.51. The van der Waals surface area contributed by atoms with E-state index >= 15 is 0 Å². The fourth-order valence-corrected chi connectivity index (χ4v) is 3.50. The molecule has 0 spiro atoms. The van der Waals surface area contributed by atoms with E-state index in [0.29, 0.717) is 18.1 Å². The smallest absolute Gasteiger partial charge is 0.0764 e. The summed E-state index contributed by atoms with van der Waals surface area (Å²) in [5, 5.41) is 4.37. The van der Waals surface area contributed by atoms with Gasteiger partial charge in [-0.25, -0.2) is 0 Å². The average Bonchev–Trinajstić information content (AvgIpc) is 2.96. The van der Waals surface area contributed by atoms with Gasteiger partial charge >= 0.3 is 0 Å². The number of methoxy groups -OCH3 is 1. The van der Waals surface area contributed by atoms with Gasteiger partial charge in [0.2, 0.25) is 0 Å². The third-order valence-electron chi connectivity index (χ3n) is 3.72. The van der Waals surface area contributed by atoms with Crippen molar-refractivity contribution in [1.29, 1.82) is 0 Å². The molecule has 2 saturated heterocycles. The van der Waals surface area contributed by atoms with Crippen molar-refractivity contribution in [1.82, 2.24) is 4.90 Å². The molecule has 0 radical (unpaired) electrons. The third-order valence-corrected chi connectivity index (χ3v) is 4.45. The van der Waals surface area contributed by atoms with Gasteiger partial charge in [0.1, 0.15) is 0 Å². The minimum Gasteiger partial charge on any atom is -0.380 e. The quantitative estimate of drug-likeness (QED) is 0.799. The van der Waals surface area contributed by atoms with Crippen LogP contribution in [0.25, 0.3) is 0 Å². The summed E-state index contributed by atoms with van der Waals surface area (Å²) in [6.45, 7) is 3.82. The second kappa shape index (κ2) is 4.45. The lowest BCUT2D eigenvalue weighted by molar-refractivity contribution is 0.0532. The van der Waals surface area contributed by atoms with Crippen LogP contribution in [0.2, 0.25) is 0 Å². The van der Waals surface area contributed by atoms with Crippen LogP contribution in [0, 0.1) is 5.92 Å². The van der Waals surface area contributed by atoms with E-state index in [1.54, 1.807) is 11.3 Å². The number of hydrogen-bond donors (Lipinski definition) is 0. The van der Waals surface area contributed by atoms with Crippen LogP contribution in [0.4, 0.5) is 0 Å². The van der Waals surface area contributed by atoms with Crippen molar-refractivity contribution in [3.63, 3.8) is 0 Å². The molecular weight excluding hydrogens is 222 g/mol. The highest BCUT2D eigenvalue weighted by Crippen LogP contribution is 2.32. The molecule has 3 nitrogen and oxygen atoms in total. The fourth-order valence-electron chi connectivity index (χ4n) is 2.84. The van der Waals surface area contributed by atoms with Crippen LogP contribution >= 0.6 is 11.3 Å². The minimum absolute atomic E-state index is 0.353. The highest BCUT2D eigenvalue weighted by molar-refractivity contribution is 7.07. The molecule has 0 bridgehead atoms. The number of rotatable bonds is 3. The van der Waals surface area contributed by atoms with Crippen LogP contribution in [0.5, 0.6) is 0 Å². The van der Waals surface area contributed by atoms with Gasteiger partial charge in [-0.15, -0.1) is 0 Å². The van der Waals surface area contributed by atoms with Gasteiger partial charge < -0.3 is 9.47 Å². The highest BCUT2D eigenvalue weighted by Gasteiger charge is 2.45. The predicted octanol–water partition coefficient (Wildman–Crippen LogP) is 1.59. The van der Waals surface area contributed by atoms with Crippen molar-refractivity contribution in [3.05, 3.63) is 22.4 Å². The molecule has 2 aliphatic heterocycles. The molecule has 0 aromatic carbocycles. The first kappa shape index (κ1) is 10.7. The summed E-state index contributed by atoms with van der Waals surface area (Å²) in [7, 11) is 1.81. The topological polar surface area (TPSA) is 21.7 Å². The summed E-state index contributed by atoms with van der Waals surface area (Å²) >= 11 is 1.77. The van der Waals surface area contributed by atoms with Gasteiger partial charge in [0.15, 0.2) is 0 Å². The summed E-state index contributed by atoms with van der Waals surface area (Å²) in [6.07, 6.45) is 0.353. The molecule has 0 saturated carbocycles. The Morgan fingerprint density at radius 1 is 1.56 bits per heavy atom. The average molecular weight is 239 g/mol. The zero-order valence-electron chi connectivity index (χ0n) is 9.46. The molecule has 2 fully saturated rings. The van der Waals surface area contributed by atoms with E-state index in [1.807, 2.05) is 7.11 Å². The summed E-state index contributed by atoms with van der Waals surface area (Å²) in [6, 6.07) is 2.76. The Hall–Kier alpha value is -0.420. The number of ether oxygens (including phenoxy) is 2. The van der Waals surface area contributed by atoms with Crippen molar-refractivity contribution in [2.75, 3.05) is 26.9 Å². The van der Waals surface area contributed by atoms with Gasteiger partial charge in [-0.1, -0.05) is 0 Å². The second-order valence-corrected chi connectivity index (χ2v) is 5.38. The van der Waals surface area contributed by atoms with E-state index in [2.05, 4.69) is 21.7 Å². The Bertz CT molecular complexity index is 341. The molecule has 16 heavy (non-hydrogen) atoms. The Kier molecular flexibility index (Phi) is 2.98. The molecule has 0 unspecified atom stereocenters. The van der Waals surface area contributed by atoms with E-state index in [-0.39, 0.29) is 0 Å². The maximum atomic E-state index is 5.57. The lowest BCUT2D eigenvalue weighted by Crippen LogP contribution is -2.32. The monoisotopic (exact) mass is 239 g/mol.